The highest BCUT2D eigenvalue weighted by molar-refractivity contribution is 5.72. The Morgan fingerprint density at radius 1 is 1.42 bits per heavy atom. The molecular weight excluding hydrogens is 246 g/mol. The van der Waals surface area contributed by atoms with E-state index in [0.29, 0.717) is 17.1 Å². The monoisotopic (exact) mass is 263 g/mol. The van der Waals surface area contributed by atoms with Gasteiger partial charge in [-0.25, -0.2) is 4.79 Å². The van der Waals surface area contributed by atoms with Crippen molar-refractivity contribution < 1.29 is 0 Å². The molecule has 0 saturated carbocycles. The molecule has 0 aromatic carbocycles. The molecule has 0 fully saturated rings. The zero-order chi connectivity index (χ0) is 14.2. The number of rotatable bonds is 4. The summed E-state index contributed by atoms with van der Waals surface area (Å²) in [6.45, 7) is 5.65. The van der Waals surface area contributed by atoms with Gasteiger partial charge in [-0.1, -0.05) is 6.08 Å². The summed E-state index contributed by atoms with van der Waals surface area (Å²) in [6, 6.07) is 0.138. The Hall–Kier alpha value is -2.31. The number of nitrogens with one attached hydrogen (secondary N) is 2. The van der Waals surface area contributed by atoms with Crippen molar-refractivity contribution in [3.63, 3.8) is 0 Å². The second kappa shape index (κ2) is 4.75. The smallest absolute Gasteiger partial charge is 0.332 e. The predicted octanol–water partition coefficient (Wildman–Crippen LogP) is 0.337. The van der Waals surface area contributed by atoms with Crippen LogP contribution in [-0.4, -0.2) is 25.1 Å². The highest BCUT2D eigenvalue weighted by Gasteiger charge is 2.13. The van der Waals surface area contributed by atoms with E-state index in [1.165, 1.54) is 11.6 Å². The van der Waals surface area contributed by atoms with Crippen molar-refractivity contribution in [3.8, 4) is 0 Å². The minimum Gasteiger partial charge on any atom is -0.353 e. The van der Waals surface area contributed by atoms with Gasteiger partial charge in [0.05, 0.1) is 0 Å². The molecule has 0 aliphatic rings. The van der Waals surface area contributed by atoms with Crippen molar-refractivity contribution >= 4 is 17.1 Å². The molecule has 0 bridgehead atoms. The summed E-state index contributed by atoms with van der Waals surface area (Å²) < 4.78 is 2.40. The Labute approximate surface area is 109 Å². The van der Waals surface area contributed by atoms with Gasteiger partial charge in [0.2, 0.25) is 5.95 Å². The maximum Gasteiger partial charge on any atom is 0.332 e. The number of nitrogens with zero attached hydrogens (tertiary/aromatic N) is 3. The lowest BCUT2D eigenvalue weighted by atomic mass is 10.2. The number of aromatic nitrogens is 4. The van der Waals surface area contributed by atoms with Crippen molar-refractivity contribution in [1.29, 1.82) is 0 Å². The molecule has 1 atom stereocenters. The maximum atomic E-state index is 12.0. The average molecular weight is 263 g/mol. The Morgan fingerprint density at radius 2 is 2.11 bits per heavy atom. The van der Waals surface area contributed by atoms with Crippen molar-refractivity contribution in [1.82, 2.24) is 19.1 Å². The van der Waals surface area contributed by atoms with Gasteiger partial charge in [0.15, 0.2) is 11.2 Å². The fraction of sp³-hybridized carbons (Fsp3) is 0.417. The lowest BCUT2D eigenvalue weighted by Gasteiger charge is -2.09. The zero-order valence-electron chi connectivity index (χ0n) is 11.2. The van der Waals surface area contributed by atoms with E-state index in [9.17, 15) is 9.59 Å². The number of aryl methyl sites for hydroxylation is 1. The van der Waals surface area contributed by atoms with Crippen LogP contribution in [0.5, 0.6) is 0 Å². The summed E-state index contributed by atoms with van der Waals surface area (Å²) in [4.78, 5) is 30.9. The molecule has 1 unspecified atom stereocenters. The Kier molecular flexibility index (Phi) is 3.28. The van der Waals surface area contributed by atoms with Crippen LogP contribution >= 0.6 is 0 Å². The molecule has 2 heterocycles. The first-order valence-corrected chi connectivity index (χ1v) is 5.99. The molecule has 0 aliphatic carbocycles. The third kappa shape index (κ3) is 2.18. The van der Waals surface area contributed by atoms with Crippen LogP contribution in [0.3, 0.4) is 0 Å². The summed E-state index contributed by atoms with van der Waals surface area (Å²) in [5, 5.41) is 3.12. The number of hydrogen-bond acceptors (Lipinski definition) is 4. The van der Waals surface area contributed by atoms with Gasteiger partial charge in [-0.15, -0.1) is 6.58 Å². The highest BCUT2D eigenvalue weighted by atomic mass is 16.2. The van der Waals surface area contributed by atoms with E-state index < -0.39 is 5.69 Å². The molecular formula is C12H17N5O2. The predicted molar refractivity (Wildman–Crippen MR) is 74.5 cm³/mol. The Balaban J connectivity index is 2.55. The molecule has 7 heteroatoms. The molecule has 0 saturated heterocycles. The first-order chi connectivity index (χ1) is 8.95. The molecule has 2 aromatic rings. The van der Waals surface area contributed by atoms with Gasteiger partial charge in [-0.2, -0.15) is 4.98 Å². The zero-order valence-corrected chi connectivity index (χ0v) is 11.2. The Bertz CT molecular complexity index is 737. The molecule has 0 aliphatic heterocycles. The molecule has 7 nitrogen and oxygen atoms in total. The molecule has 2 N–H and O–H groups in total. The fourth-order valence-corrected chi connectivity index (χ4v) is 1.94. The third-order valence-electron chi connectivity index (χ3n) is 3.00. The van der Waals surface area contributed by atoms with Gasteiger partial charge < -0.3 is 10.3 Å². The Morgan fingerprint density at radius 3 is 2.74 bits per heavy atom. The minimum atomic E-state index is -0.394. The van der Waals surface area contributed by atoms with Crippen LogP contribution in [0.1, 0.15) is 13.3 Å². The van der Waals surface area contributed by atoms with Gasteiger partial charge in [-0.3, -0.25) is 13.9 Å². The van der Waals surface area contributed by atoms with Crippen molar-refractivity contribution in [2.75, 3.05) is 5.32 Å². The average Bonchev–Trinajstić information content (AvgIpc) is 2.78. The van der Waals surface area contributed by atoms with E-state index in [1.54, 1.807) is 13.1 Å². The lowest BCUT2D eigenvalue weighted by Crippen LogP contribution is -2.36. The van der Waals surface area contributed by atoms with Gasteiger partial charge >= 0.3 is 5.69 Å². The van der Waals surface area contributed by atoms with E-state index in [2.05, 4.69) is 21.9 Å². The summed E-state index contributed by atoms with van der Waals surface area (Å²) in [5.74, 6) is 0.475. The molecule has 2 aromatic heterocycles. The first-order valence-electron chi connectivity index (χ1n) is 5.99. The second-order valence-electron chi connectivity index (χ2n) is 4.56. The van der Waals surface area contributed by atoms with Crippen molar-refractivity contribution in [2.45, 2.75) is 19.4 Å². The fourth-order valence-electron chi connectivity index (χ4n) is 1.94. The largest absolute Gasteiger partial charge is 0.353 e. The number of H-pyrrole nitrogens is 1. The molecule has 2 rings (SSSR count). The van der Waals surface area contributed by atoms with E-state index in [-0.39, 0.29) is 11.6 Å². The summed E-state index contributed by atoms with van der Waals surface area (Å²) in [7, 11) is 3.03. The van der Waals surface area contributed by atoms with Crippen LogP contribution in [0, 0.1) is 0 Å². The minimum absolute atomic E-state index is 0.138. The van der Waals surface area contributed by atoms with Crippen LogP contribution in [-0.2, 0) is 14.1 Å². The van der Waals surface area contributed by atoms with E-state index in [0.717, 1.165) is 11.0 Å². The summed E-state index contributed by atoms with van der Waals surface area (Å²) in [6.07, 6.45) is 2.57. The molecule has 0 spiro atoms. The van der Waals surface area contributed by atoms with Gasteiger partial charge in [0.1, 0.15) is 0 Å². The van der Waals surface area contributed by atoms with E-state index in [1.807, 2.05) is 6.92 Å². The van der Waals surface area contributed by atoms with Crippen LogP contribution in [0.25, 0.3) is 11.2 Å². The number of hydrogen-bond donors (Lipinski definition) is 2. The molecule has 19 heavy (non-hydrogen) atoms. The third-order valence-corrected chi connectivity index (χ3v) is 3.00. The van der Waals surface area contributed by atoms with Crippen molar-refractivity contribution in [2.24, 2.45) is 14.1 Å². The van der Waals surface area contributed by atoms with Crippen LogP contribution in [0.4, 0.5) is 5.95 Å². The number of anilines is 1. The van der Waals surface area contributed by atoms with Crippen LogP contribution in [0.15, 0.2) is 22.2 Å². The normalized spacial score (nSPS) is 12.6. The number of imidazole rings is 1. The molecule has 0 amide bonds. The van der Waals surface area contributed by atoms with E-state index in [4.69, 9.17) is 0 Å². The molecule has 102 valence electrons. The van der Waals surface area contributed by atoms with Gasteiger partial charge in [0.25, 0.3) is 5.56 Å². The summed E-state index contributed by atoms with van der Waals surface area (Å²) in [5.41, 5.74) is -0.107. The highest BCUT2D eigenvalue weighted by Crippen LogP contribution is 2.10. The number of aromatic amines is 1. The quantitative estimate of drug-likeness (QED) is 0.779. The first kappa shape index (κ1) is 13.1. The lowest BCUT2D eigenvalue weighted by molar-refractivity contribution is 0.708. The second-order valence-corrected chi connectivity index (χ2v) is 4.56. The maximum absolute atomic E-state index is 12.0. The number of fused-ring (bicyclic) bond motifs is 1. The summed E-state index contributed by atoms with van der Waals surface area (Å²) >= 11 is 0. The van der Waals surface area contributed by atoms with Crippen molar-refractivity contribution in [3.05, 3.63) is 33.5 Å². The van der Waals surface area contributed by atoms with E-state index >= 15 is 0 Å². The topological polar surface area (TPSA) is 84.7 Å². The molecule has 0 radical (unpaired) electrons. The van der Waals surface area contributed by atoms with Gasteiger partial charge in [0, 0.05) is 20.1 Å². The SMILES string of the molecule is C=CCC(C)Nc1nc2c([nH]1)c(=O)n(C)c(=O)n2C. The standard InChI is InChI=1S/C12H17N5O2/c1-5-6-7(2)13-11-14-8-9(15-11)16(3)12(19)17(4)10(8)18/h5,7H,1,6H2,2-4H3,(H2,13,14,15). The van der Waals surface area contributed by atoms with Crippen LogP contribution < -0.4 is 16.6 Å². The van der Waals surface area contributed by atoms with Gasteiger partial charge in [-0.05, 0) is 13.3 Å². The van der Waals surface area contributed by atoms with Crippen LogP contribution in [0.2, 0.25) is 0 Å².